The van der Waals surface area contributed by atoms with Crippen molar-refractivity contribution in [2.45, 2.75) is 26.0 Å². The predicted molar refractivity (Wildman–Crippen MR) is 93.7 cm³/mol. The zero-order valence-electron chi connectivity index (χ0n) is 13.3. The first-order valence-electron chi connectivity index (χ1n) is 7.88. The fraction of sp³-hybridized carbons (Fsp3) is 0.300. The lowest BCUT2D eigenvalue weighted by Gasteiger charge is -2.15. The van der Waals surface area contributed by atoms with Crippen molar-refractivity contribution in [1.29, 1.82) is 0 Å². The van der Waals surface area contributed by atoms with E-state index in [9.17, 15) is 0 Å². The van der Waals surface area contributed by atoms with Crippen LogP contribution in [0.2, 0.25) is 0 Å². The first kappa shape index (κ1) is 16.5. The van der Waals surface area contributed by atoms with Crippen LogP contribution in [0.25, 0.3) is 5.57 Å². The van der Waals surface area contributed by atoms with E-state index in [-0.39, 0.29) is 6.23 Å². The van der Waals surface area contributed by atoms with Crippen LogP contribution in [0, 0.1) is 0 Å². The lowest BCUT2D eigenvalue weighted by Crippen LogP contribution is -2.30. The highest BCUT2D eigenvalue weighted by Crippen LogP contribution is 2.14. The van der Waals surface area contributed by atoms with Crippen molar-refractivity contribution in [3.8, 4) is 0 Å². The molecule has 116 valence electrons. The van der Waals surface area contributed by atoms with Crippen molar-refractivity contribution in [1.82, 2.24) is 5.32 Å². The summed E-state index contributed by atoms with van der Waals surface area (Å²) < 4.78 is 5.79. The number of rotatable bonds is 9. The second kappa shape index (κ2) is 9.19. The molecule has 0 spiro atoms. The third-order valence-corrected chi connectivity index (χ3v) is 3.64. The van der Waals surface area contributed by atoms with Gasteiger partial charge >= 0.3 is 0 Å². The molecule has 2 aromatic carbocycles. The first-order chi connectivity index (χ1) is 10.8. The maximum atomic E-state index is 5.79. The Kier molecular flexibility index (Phi) is 6.88. The summed E-state index contributed by atoms with van der Waals surface area (Å²) in [5, 5.41) is 3.39. The summed E-state index contributed by atoms with van der Waals surface area (Å²) in [5.41, 5.74) is 3.68. The summed E-state index contributed by atoms with van der Waals surface area (Å²) in [4.78, 5) is 0. The maximum Gasteiger partial charge on any atom is 0.105 e. The third-order valence-electron chi connectivity index (χ3n) is 3.64. The van der Waals surface area contributed by atoms with Gasteiger partial charge in [0, 0.05) is 6.54 Å². The molecule has 1 atom stereocenters. The maximum absolute atomic E-state index is 5.79. The SMILES string of the molecule is C=C(CCNC(C)OCCc1ccccc1)c1ccccc1. The molecule has 2 heteroatoms. The molecule has 22 heavy (non-hydrogen) atoms. The van der Waals surface area contributed by atoms with Gasteiger partial charge in [0.1, 0.15) is 6.23 Å². The average Bonchev–Trinajstić information content (AvgIpc) is 2.56. The van der Waals surface area contributed by atoms with Crippen molar-refractivity contribution in [2.75, 3.05) is 13.2 Å². The van der Waals surface area contributed by atoms with Gasteiger partial charge in [-0.15, -0.1) is 0 Å². The zero-order valence-corrected chi connectivity index (χ0v) is 13.3. The van der Waals surface area contributed by atoms with Crippen LogP contribution in [0.3, 0.4) is 0 Å². The van der Waals surface area contributed by atoms with Gasteiger partial charge < -0.3 is 4.74 Å². The van der Waals surface area contributed by atoms with Gasteiger partial charge in [-0.3, -0.25) is 5.32 Å². The van der Waals surface area contributed by atoms with Gasteiger partial charge in [0.25, 0.3) is 0 Å². The zero-order chi connectivity index (χ0) is 15.6. The van der Waals surface area contributed by atoms with E-state index in [0.717, 1.165) is 31.6 Å². The Morgan fingerprint density at radius 3 is 2.36 bits per heavy atom. The lowest BCUT2D eigenvalue weighted by molar-refractivity contribution is 0.0455. The molecule has 0 saturated heterocycles. The minimum atomic E-state index is 0.0623. The van der Waals surface area contributed by atoms with Crippen LogP contribution in [0.15, 0.2) is 67.2 Å². The summed E-state index contributed by atoms with van der Waals surface area (Å²) in [6.07, 6.45) is 1.94. The number of hydrogen-bond acceptors (Lipinski definition) is 2. The monoisotopic (exact) mass is 295 g/mol. The van der Waals surface area contributed by atoms with Crippen molar-refractivity contribution >= 4 is 5.57 Å². The van der Waals surface area contributed by atoms with Crippen molar-refractivity contribution in [3.05, 3.63) is 78.4 Å². The molecule has 0 fully saturated rings. The summed E-state index contributed by atoms with van der Waals surface area (Å²) >= 11 is 0. The molecule has 0 amide bonds. The van der Waals surface area contributed by atoms with Gasteiger partial charge in [0.15, 0.2) is 0 Å². The molecule has 0 bridgehead atoms. The van der Waals surface area contributed by atoms with E-state index in [1.165, 1.54) is 11.1 Å². The molecule has 0 aliphatic heterocycles. The van der Waals surface area contributed by atoms with Gasteiger partial charge in [-0.1, -0.05) is 67.2 Å². The van der Waals surface area contributed by atoms with E-state index < -0.39 is 0 Å². The van der Waals surface area contributed by atoms with Gasteiger partial charge in [-0.2, -0.15) is 0 Å². The van der Waals surface area contributed by atoms with E-state index >= 15 is 0 Å². The van der Waals surface area contributed by atoms with Crippen LogP contribution in [0.4, 0.5) is 0 Å². The minimum Gasteiger partial charge on any atom is -0.363 e. The van der Waals surface area contributed by atoms with Gasteiger partial charge in [0.05, 0.1) is 6.61 Å². The minimum absolute atomic E-state index is 0.0623. The quantitative estimate of drug-likeness (QED) is 0.697. The largest absolute Gasteiger partial charge is 0.363 e. The Bertz CT molecular complexity index is 550. The first-order valence-corrected chi connectivity index (χ1v) is 7.88. The summed E-state index contributed by atoms with van der Waals surface area (Å²) in [7, 11) is 0. The molecule has 2 nitrogen and oxygen atoms in total. The normalized spacial score (nSPS) is 12.0. The Labute approximate surface area is 133 Å². The highest BCUT2D eigenvalue weighted by atomic mass is 16.5. The van der Waals surface area contributed by atoms with Gasteiger partial charge in [-0.25, -0.2) is 0 Å². The second-order valence-corrected chi connectivity index (χ2v) is 5.42. The molecule has 0 heterocycles. The Morgan fingerprint density at radius 1 is 1.05 bits per heavy atom. The summed E-state index contributed by atoms with van der Waals surface area (Å²) in [5.74, 6) is 0. The molecule has 1 unspecified atom stereocenters. The van der Waals surface area contributed by atoms with Crippen LogP contribution in [-0.4, -0.2) is 19.4 Å². The highest BCUT2D eigenvalue weighted by Gasteiger charge is 2.03. The van der Waals surface area contributed by atoms with Crippen LogP contribution >= 0.6 is 0 Å². The molecule has 0 saturated carbocycles. The number of nitrogens with one attached hydrogen (secondary N) is 1. The molecule has 0 aliphatic rings. The number of hydrogen-bond donors (Lipinski definition) is 1. The summed E-state index contributed by atoms with van der Waals surface area (Å²) in [6, 6.07) is 20.7. The Hall–Kier alpha value is -1.90. The molecule has 0 aromatic heterocycles. The number of ether oxygens (including phenoxy) is 1. The van der Waals surface area contributed by atoms with Crippen LogP contribution in [0.5, 0.6) is 0 Å². The van der Waals surface area contributed by atoms with Crippen molar-refractivity contribution in [2.24, 2.45) is 0 Å². The molecular formula is C20H25NO. The number of benzene rings is 2. The predicted octanol–water partition coefficient (Wildman–Crippen LogP) is 4.28. The van der Waals surface area contributed by atoms with Crippen molar-refractivity contribution < 1.29 is 4.74 Å². The van der Waals surface area contributed by atoms with Gasteiger partial charge in [-0.05, 0) is 36.5 Å². The Morgan fingerprint density at radius 2 is 1.68 bits per heavy atom. The topological polar surface area (TPSA) is 21.3 Å². The summed E-state index contributed by atoms with van der Waals surface area (Å²) in [6.45, 7) is 7.80. The highest BCUT2D eigenvalue weighted by molar-refractivity contribution is 5.63. The van der Waals surface area contributed by atoms with Crippen LogP contribution in [-0.2, 0) is 11.2 Å². The third kappa shape index (κ3) is 5.84. The fourth-order valence-electron chi connectivity index (χ4n) is 2.30. The molecule has 2 aromatic rings. The standard InChI is InChI=1S/C20H25NO/c1-17(20-11-7-4-8-12-20)13-15-21-18(2)22-16-14-19-9-5-3-6-10-19/h3-12,18,21H,1,13-16H2,2H3. The Balaban J connectivity index is 1.60. The molecular weight excluding hydrogens is 270 g/mol. The van der Waals surface area contributed by atoms with E-state index in [1.807, 2.05) is 24.3 Å². The second-order valence-electron chi connectivity index (χ2n) is 5.42. The molecule has 2 rings (SSSR count). The average molecular weight is 295 g/mol. The van der Waals surface area contributed by atoms with E-state index in [4.69, 9.17) is 4.74 Å². The van der Waals surface area contributed by atoms with E-state index in [0.29, 0.717) is 0 Å². The fourth-order valence-corrected chi connectivity index (χ4v) is 2.30. The van der Waals surface area contributed by atoms with Crippen molar-refractivity contribution in [3.63, 3.8) is 0 Å². The molecule has 0 radical (unpaired) electrons. The lowest BCUT2D eigenvalue weighted by atomic mass is 10.1. The van der Waals surface area contributed by atoms with Crippen LogP contribution in [0.1, 0.15) is 24.5 Å². The smallest absolute Gasteiger partial charge is 0.105 e. The molecule has 0 aliphatic carbocycles. The van der Waals surface area contributed by atoms with Crippen LogP contribution < -0.4 is 5.32 Å². The molecule has 1 N–H and O–H groups in total. The van der Waals surface area contributed by atoms with E-state index in [1.54, 1.807) is 0 Å². The van der Waals surface area contributed by atoms with E-state index in [2.05, 4.69) is 55.2 Å². The van der Waals surface area contributed by atoms with Gasteiger partial charge in [0.2, 0.25) is 0 Å².